The second-order valence-corrected chi connectivity index (χ2v) is 7.74. The molecule has 0 radical (unpaired) electrons. The number of aliphatic hydroxyl groups excluding tert-OH is 1. The monoisotopic (exact) mass is 389 g/mol. The van der Waals surface area contributed by atoms with Crippen LogP contribution in [0.15, 0.2) is 71.6 Å². The summed E-state index contributed by atoms with van der Waals surface area (Å²) < 4.78 is 54.4. The number of nitrogens with one attached hydrogen (secondary N) is 1. The van der Waals surface area contributed by atoms with Gasteiger partial charge < -0.3 is 5.11 Å². The van der Waals surface area contributed by atoms with E-state index >= 15 is 0 Å². The van der Waals surface area contributed by atoms with Gasteiger partial charge in [-0.15, -0.1) is 0 Å². The van der Waals surface area contributed by atoms with Crippen molar-refractivity contribution in [2.75, 3.05) is 4.72 Å². The van der Waals surface area contributed by atoms with E-state index in [1.54, 1.807) is 31.2 Å². The Labute approximate surface area is 156 Å². The lowest BCUT2D eigenvalue weighted by Gasteiger charge is -2.11. The third kappa shape index (κ3) is 4.32. The van der Waals surface area contributed by atoms with Crippen LogP contribution in [0.3, 0.4) is 0 Å². The van der Waals surface area contributed by atoms with E-state index in [9.17, 15) is 22.3 Å². The number of aliphatic hydroxyl groups is 1. The zero-order chi connectivity index (χ0) is 19.6. The summed E-state index contributed by atoms with van der Waals surface area (Å²) in [4.78, 5) is -0.00350. The van der Waals surface area contributed by atoms with Crippen LogP contribution in [-0.4, -0.2) is 13.5 Å². The molecule has 3 aromatic rings. The number of benzene rings is 3. The molecule has 1 atom stereocenters. The maximum absolute atomic E-state index is 13.9. The van der Waals surface area contributed by atoms with Crippen molar-refractivity contribution in [1.82, 2.24) is 0 Å². The van der Waals surface area contributed by atoms with Crippen LogP contribution >= 0.6 is 0 Å². The molecule has 0 spiro atoms. The third-order valence-corrected chi connectivity index (χ3v) is 5.43. The van der Waals surface area contributed by atoms with Crippen LogP contribution in [0.1, 0.15) is 18.6 Å². The van der Waals surface area contributed by atoms with E-state index in [0.717, 1.165) is 12.1 Å². The molecule has 0 saturated heterocycles. The molecular formula is C20H17F2NO3S. The molecule has 140 valence electrons. The maximum Gasteiger partial charge on any atom is 0.261 e. The molecule has 0 bridgehead atoms. The molecule has 1 unspecified atom stereocenters. The highest BCUT2D eigenvalue weighted by atomic mass is 32.2. The topological polar surface area (TPSA) is 66.4 Å². The van der Waals surface area contributed by atoms with Crippen molar-refractivity contribution in [2.45, 2.75) is 17.9 Å². The van der Waals surface area contributed by atoms with Gasteiger partial charge in [-0.05, 0) is 54.4 Å². The first-order valence-electron chi connectivity index (χ1n) is 8.12. The molecule has 0 aromatic heterocycles. The first-order valence-corrected chi connectivity index (χ1v) is 9.61. The van der Waals surface area contributed by atoms with Crippen LogP contribution in [0.5, 0.6) is 0 Å². The lowest BCUT2D eigenvalue weighted by molar-refractivity contribution is 0.199. The van der Waals surface area contributed by atoms with Gasteiger partial charge >= 0.3 is 0 Å². The Morgan fingerprint density at radius 2 is 1.67 bits per heavy atom. The number of hydrogen-bond donors (Lipinski definition) is 2. The van der Waals surface area contributed by atoms with Gasteiger partial charge in [0.2, 0.25) is 0 Å². The highest BCUT2D eigenvalue weighted by Gasteiger charge is 2.15. The lowest BCUT2D eigenvalue weighted by Crippen LogP contribution is -2.13. The predicted molar refractivity (Wildman–Crippen MR) is 99.7 cm³/mol. The van der Waals surface area contributed by atoms with Gasteiger partial charge in [-0.1, -0.05) is 24.3 Å². The average Bonchev–Trinajstić information content (AvgIpc) is 2.62. The molecule has 0 aliphatic heterocycles. The predicted octanol–water partition coefficient (Wildman–Crippen LogP) is 4.49. The Bertz CT molecular complexity index is 1060. The van der Waals surface area contributed by atoms with Crippen LogP contribution in [-0.2, 0) is 10.0 Å². The summed E-state index contributed by atoms with van der Waals surface area (Å²) in [5, 5.41) is 9.61. The number of rotatable bonds is 5. The zero-order valence-corrected chi connectivity index (χ0v) is 15.2. The highest BCUT2D eigenvalue weighted by Crippen LogP contribution is 2.26. The normalized spacial score (nSPS) is 12.6. The van der Waals surface area contributed by atoms with Crippen molar-refractivity contribution in [3.05, 3.63) is 83.9 Å². The quantitative estimate of drug-likeness (QED) is 0.676. The molecule has 2 N–H and O–H groups in total. The van der Waals surface area contributed by atoms with Crippen molar-refractivity contribution in [3.8, 4) is 11.1 Å². The molecule has 7 heteroatoms. The summed E-state index contributed by atoms with van der Waals surface area (Å²) in [7, 11) is -3.86. The van der Waals surface area contributed by atoms with Crippen molar-refractivity contribution in [3.63, 3.8) is 0 Å². The minimum absolute atomic E-state index is 0.00350. The van der Waals surface area contributed by atoms with Crippen molar-refractivity contribution in [2.24, 2.45) is 0 Å². The minimum Gasteiger partial charge on any atom is -0.389 e. The van der Waals surface area contributed by atoms with Gasteiger partial charge in [-0.2, -0.15) is 0 Å². The van der Waals surface area contributed by atoms with Crippen molar-refractivity contribution >= 4 is 15.7 Å². The average molecular weight is 389 g/mol. The van der Waals surface area contributed by atoms with Crippen LogP contribution < -0.4 is 4.72 Å². The van der Waals surface area contributed by atoms with E-state index < -0.39 is 27.8 Å². The fourth-order valence-electron chi connectivity index (χ4n) is 2.61. The highest BCUT2D eigenvalue weighted by molar-refractivity contribution is 7.92. The zero-order valence-electron chi connectivity index (χ0n) is 14.4. The Morgan fingerprint density at radius 1 is 0.963 bits per heavy atom. The lowest BCUT2D eigenvalue weighted by atomic mass is 10.1. The first kappa shape index (κ1) is 19.0. The van der Waals surface area contributed by atoms with Crippen LogP contribution in [0, 0.1) is 11.6 Å². The van der Waals surface area contributed by atoms with Gasteiger partial charge in [0.25, 0.3) is 10.0 Å². The first-order chi connectivity index (χ1) is 12.8. The second-order valence-electron chi connectivity index (χ2n) is 6.06. The number of hydrogen-bond acceptors (Lipinski definition) is 3. The molecule has 0 aliphatic carbocycles. The minimum atomic E-state index is -3.86. The number of halogens is 2. The molecule has 27 heavy (non-hydrogen) atoms. The molecule has 0 fully saturated rings. The molecule has 0 amide bonds. The van der Waals surface area contributed by atoms with E-state index in [2.05, 4.69) is 4.72 Å². The SMILES string of the molecule is CC(O)c1cccc(NS(=O)(=O)c2ccc(-c3ccc(F)cc3F)cc2)c1. The van der Waals surface area contributed by atoms with E-state index in [4.69, 9.17) is 0 Å². The van der Waals surface area contributed by atoms with Gasteiger partial charge in [-0.25, -0.2) is 17.2 Å². The van der Waals surface area contributed by atoms with Gasteiger partial charge in [0.15, 0.2) is 0 Å². The molecule has 4 nitrogen and oxygen atoms in total. The summed E-state index contributed by atoms with van der Waals surface area (Å²) >= 11 is 0. The largest absolute Gasteiger partial charge is 0.389 e. The standard InChI is InChI=1S/C20H17F2NO3S/c1-13(24)15-3-2-4-17(11-15)23-27(25,26)18-8-5-14(6-9-18)19-10-7-16(21)12-20(19)22/h2-13,23-24H,1H3. The van der Waals surface area contributed by atoms with Crippen molar-refractivity contribution < 1.29 is 22.3 Å². The second kappa shape index (κ2) is 7.46. The number of anilines is 1. The maximum atomic E-state index is 13.9. The Hall–Kier alpha value is -2.77. The third-order valence-electron chi connectivity index (χ3n) is 4.03. The Morgan fingerprint density at radius 3 is 2.30 bits per heavy atom. The van der Waals surface area contributed by atoms with Gasteiger partial charge in [0.1, 0.15) is 11.6 Å². The molecule has 3 rings (SSSR count). The van der Waals surface area contributed by atoms with E-state index in [-0.39, 0.29) is 10.5 Å². The summed E-state index contributed by atoms with van der Waals surface area (Å²) in [6.07, 6.45) is -0.723. The van der Waals surface area contributed by atoms with E-state index in [1.807, 2.05) is 0 Å². The van der Waals surface area contributed by atoms with Crippen LogP contribution in [0.25, 0.3) is 11.1 Å². The number of sulfonamides is 1. The van der Waals surface area contributed by atoms with E-state index in [0.29, 0.717) is 16.8 Å². The summed E-state index contributed by atoms with van der Waals surface area (Å²) in [5.74, 6) is -1.40. The summed E-state index contributed by atoms with van der Waals surface area (Å²) in [5.41, 5.74) is 1.51. The summed E-state index contributed by atoms with van der Waals surface area (Å²) in [6.45, 7) is 1.58. The molecule has 0 heterocycles. The fourth-order valence-corrected chi connectivity index (χ4v) is 3.66. The van der Waals surface area contributed by atoms with Crippen molar-refractivity contribution in [1.29, 1.82) is 0 Å². The molecule has 0 aliphatic rings. The smallest absolute Gasteiger partial charge is 0.261 e. The van der Waals surface area contributed by atoms with Gasteiger partial charge in [0.05, 0.1) is 11.0 Å². The van der Waals surface area contributed by atoms with Gasteiger partial charge in [-0.3, -0.25) is 4.72 Å². The summed E-state index contributed by atoms with van der Waals surface area (Å²) in [6, 6.07) is 15.3. The Kier molecular flexibility index (Phi) is 5.25. The van der Waals surface area contributed by atoms with Crippen LogP contribution in [0.4, 0.5) is 14.5 Å². The van der Waals surface area contributed by atoms with Crippen LogP contribution in [0.2, 0.25) is 0 Å². The molecular weight excluding hydrogens is 372 g/mol. The van der Waals surface area contributed by atoms with Gasteiger partial charge in [0, 0.05) is 17.3 Å². The Balaban J connectivity index is 1.86. The van der Waals surface area contributed by atoms with E-state index in [1.165, 1.54) is 30.3 Å². The fraction of sp³-hybridized carbons (Fsp3) is 0.100. The molecule has 3 aromatic carbocycles. The molecule has 0 saturated carbocycles.